The molecule has 2 heterocycles. The Kier molecular flexibility index (Phi) is 4.87. The normalized spacial score (nSPS) is 11.5. The van der Waals surface area contributed by atoms with Gasteiger partial charge in [0.05, 0.1) is 5.52 Å². The first kappa shape index (κ1) is 19.2. The number of methoxy groups -OCH3 is 1. The number of benzene rings is 2. The molecule has 0 saturated heterocycles. The summed E-state index contributed by atoms with van der Waals surface area (Å²) in [6, 6.07) is 15.9. The third-order valence-electron chi connectivity index (χ3n) is 4.77. The zero-order valence-corrected chi connectivity index (χ0v) is 17.4. The second kappa shape index (κ2) is 7.36. The molecule has 2 aromatic carbocycles. The van der Waals surface area contributed by atoms with Crippen LogP contribution in [0.25, 0.3) is 16.7 Å². The number of rotatable bonds is 3. The Morgan fingerprint density at radius 1 is 1.10 bits per heavy atom. The summed E-state index contributed by atoms with van der Waals surface area (Å²) < 4.78 is 7.12. The van der Waals surface area contributed by atoms with Crippen molar-refractivity contribution in [1.82, 2.24) is 19.6 Å². The Labute approximate surface area is 174 Å². The van der Waals surface area contributed by atoms with Crippen LogP contribution in [0.2, 0.25) is 5.28 Å². The van der Waals surface area contributed by atoms with Gasteiger partial charge >= 0.3 is 0 Å². The molecule has 29 heavy (non-hydrogen) atoms. The van der Waals surface area contributed by atoms with Crippen LogP contribution in [0.4, 0.5) is 11.5 Å². The van der Waals surface area contributed by atoms with Crippen molar-refractivity contribution in [2.24, 2.45) is 0 Å². The quantitative estimate of drug-likeness (QED) is 0.470. The lowest BCUT2D eigenvalue weighted by molar-refractivity contribution is 0.0742. The summed E-state index contributed by atoms with van der Waals surface area (Å²) in [4.78, 5) is 6.71. The van der Waals surface area contributed by atoms with Crippen LogP contribution in [0.3, 0.4) is 0 Å². The van der Waals surface area contributed by atoms with E-state index in [1.54, 1.807) is 11.5 Å². The molecule has 0 saturated carbocycles. The van der Waals surface area contributed by atoms with E-state index < -0.39 is 5.60 Å². The molecule has 0 N–H and O–H groups in total. The maximum absolute atomic E-state index is 6.22. The average molecular weight is 406 g/mol. The molecule has 4 aromatic rings. The van der Waals surface area contributed by atoms with E-state index in [4.69, 9.17) is 21.3 Å². The number of halogens is 1. The largest absolute Gasteiger partial charge is 0.366 e. The van der Waals surface area contributed by atoms with Crippen LogP contribution in [0, 0.1) is 11.8 Å². The fourth-order valence-electron chi connectivity index (χ4n) is 2.99. The molecule has 146 valence electrons. The van der Waals surface area contributed by atoms with Gasteiger partial charge in [0.2, 0.25) is 5.28 Å². The minimum absolute atomic E-state index is 0.288. The Morgan fingerprint density at radius 2 is 1.90 bits per heavy atom. The summed E-state index contributed by atoms with van der Waals surface area (Å²) in [5.74, 6) is 7.55. The number of para-hydroxylation sites is 1. The Morgan fingerprint density at radius 3 is 2.69 bits per heavy atom. The first-order valence-electron chi connectivity index (χ1n) is 9.11. The lowest BCUT2D eigenvalue weighted by Gasteiger charge is -2.21. The molecular formula is C22H20ClN5O. The van der Waals surface area contributed by atoms with E-state index in [9.17, 15) is 0 Å². The summed E-state index contributed by atoms with van der Waals surface area (Å²) in [6.07, 6.45) is 0. The summed E-state index contributed by atoms with van der Waals surface area (Å²) >= 11 is 6.22. The molecule has 0 radical (unpaired) electrons. The third-order valence-corrected chi connectivity index (χ3v) is 5.01. The van der Waals surface area contributed by atoms with Gasteiger partial charge in [0.1, 0.15) is 11.4 Å². The molecule has 0 bridgehead atoms. The van der Waals surface area contributed by atoms with Gasteiger partial charge in [-0.3, -0.25) is 0 Å². The zero-order valence-electron chi connectivity index (χ0n) is 16.6. The first-order chi connectivity index (χ1) is 13.9. The highest BCUT2D eigenvalue weighted by Gasteiger charge is 2.16. The maximum atomic E-state index is 6.22. The Balaban J connectivity index is 1.82. The number of nitrogens with zero attached hydrogens (tertiary/aromatic N) is 5. The van der Waals surface area contributed by atoms with Gasteiger partial charge in [0, 0.05) is 30.8 Å². The SMILES string of the molecule is COC(C)(C)C#Cc1cccc(N(C)c2nc3nnc(Cl)n3c3ccccc23)c1. The number of hydrogen-bond acceptors (Lipinski definition) is 5. The van der Waals surface area contributed by atoms with Crippen LogP contribution in [0.15, 0.2) is 48.5 Å². The van der Waals surface area contributed by atoms with Gasteiger partial charge in [-0.1, -0.05) is 30.0 Å². The van der Waals surface area contributed by atoms with Crippen molar-refractivity contribution in [2.75, 3.05) is 19.1 Å². The summed E-state index contributed by atoms with van der Waals surface area (Å²) in [6.45, 7) is 3.87. The molecule has 0 atom stereocenters. The van der Waals surface area contributed by atoms with Crippen molar-refractivity contribution in [3.8, 4) is 11.8 Å². The molecule has 0 aliphatic heterocycles. The Bertz CT molecular complexity index is 1270. The minimum Gasteiger partial charge on any atom is -0.366 e. The highest BCUT2D eigenvalue weighted by Crippen LogP contribution is 2.31. The van der Waals surface area contributed by atoms with Gasteiger partial charge in [-0.15, -0.1) is 10.2 Å². The van der Waals surface area contributed by atoms with Gasteiger partial charge in [-0.25, -0.2) is 4.40 Å². The van der Waals surface area contributed by atoms with Crippen LogP contribution in [-0.4, -0.2) is 39.3 Å². The second-order valence-electron chi connectivity index (χ2n) is 7.13. The van der Waals surface area contributed by atoms with Crippen LogP contribution < -0.4 is 4.90 Å². The predicted molar refractivity (Wildman–Crippen MR) is 116 cm³/mol. The number of ether oxygens (including phenoxy) is 1. The molecular weight excluding hydrogens is 386 g/mol. The monoisotopic (exact) mass is 405 g/mol. The van der Waals surface area contributed by atoms with Crippen LogP contribution in [0.5, 0.6) is 0 Å². The fourth-order valence-corrected chi connectivity index (χ4v) is 3.20. The summed E-state index contributed by atoms with van der Waals surface area (Å²) in [7, 11) is 3.62. The van der Waals surface area contributed by atoms with E-state index in [-0.39, 0.29) is 5.28 Å². The lowest BCUT2D eigenvalue weighted by Crippen LogP contribution is -2.19. The van der Waals surface area contributed by atoms with Gasteiger partial charge in [-0.2, -0.15) is 4.98 Å². The highest BCUT2D eigenvalue weighted by molar-refractivity contribution is 6.29. The van der Waals surface area contributed by atoms with Crippen molar-refractivity contribution < 1.29 is 4.74 Å². The molecule has 4 rings (SSSR count). The smallest absolute Gasteiger partial charge is 0.258 e. The van der Waals surface area contributed by atoms with E-state index >= 15 is 0 Å². The molecule has 6 nitrogen and oxygen atoms in total. The van der Waals surface area contributed by atoms with Gasteiger partial charge in [0.15, 0.2) is 0 Å². The topological polar surface area (TPSA) is 55.5 Å². The molecule has 0 aliphatic rings. The number of aromatic nitrogens is 4. The van der Waals surface area contributed by atoms with Gasteiger partial charge in [0.25, 0.3) is 5.78 Å². The van der Waals surface area contributed by atoms with Crippen LogP contribution in [-0.2, 0) is 4.74 Å². The van der Waals surface area contributed by atoms with E-state index in [2.05, 4.69) is 22.0 Å². The lowest BCUT2D eigenvalue weighted by atomic mass is 10.1. The maximum Gasteiger partial charge on any atom is 0.258 e. The first-order valence-corrected chi connectivity index (χ1v) is 9.49. The standard InChI is InChI=1S/C22H20ClN5O/c1-22(2,29-4)13-12-15-8-7-9-16(14-15)27(3)19-17-10-5-6-11-18(17)28-20(23)25-26-21(28)24-19/h5-11,14H,1-4H3. The second-order valence-corrected chi connectivity index (χ2v) is 7.47. The summed E-state index contributed by atoms with van der Waals surface area (Å²) in [5, 5.41) is 9.28. The molecule has 0 amide bonds. The van der Waals surface area contributed by atoms with E-state index in [1.807, 2.05) is 74.3 Å². The van der Waals surface area contributed by atoms with Crippen molar-refractivity contribution >= 4 is 39.8 Å². The Hall–Kier alpha value is -3.14. The number of fused-ring (bicyclic) bond motifs is 3. The van der Waals surface area contributed by atoms with Crippen molar-refractivity contribution in [1.29, 1.82) is 0 Å². The zero-order chi connectivity index (χ0) is 20.6. The molecule has 7 heteroatoms. The highest BCUT2D eigenvalue weighted by atomic mass is 35.5. The van der Waals surface area contributed by atoms with E-state index in [0.717, 1.165) is 28.0 Å². The fraction of sp³-hybridized carbons (Fsp3) is 0.227. The van der Waals surface area contributed by atoms with Gasteiger partial charge < -0.3 is 9.64 Å². The molecule has 0 fully saturated rings. The predicted octanol–water partition coefficient (Wildman–Crippen LogP) is 4.48. The minimum atomic E-state index is -0.502. The molecule has 0 spiro atoms. The number of hydrogen-bond donors (Lipinski definition) is 0. The van der Waals surface area contributed by atoms with Crippen LogP contribution in [0.1, 0.15) is 19.4 Å². The van der Waals surface area contributed by atoms with E-state index in [1.165, 1.54) is 0 Å². The number of anilines is 2. The molecule has 0 aliphatic carbocycles. The van der Waals surface area contributed by atoms with Crippen molar-refractivity contribution in [3.05, 3.63) is 59.4 Å². The van der Waals surface area contributed by atoms with Crippen molar-refractivity contribution in [2.45, 2.75) is 19.4 Å². The summed E-state index contributed by atoms with van der Waals surface area (Å²) in [5.41, 5.74) is 2.25. The van der Waals surface area contributed by atoms with E-state index in [0.29, 0.717) is 5.78 Å². The molecule has 2 aromatic heterocycles. The van der Waals surface area contributed by atoms with Crippen molar-refractivity contribution in [3.63, 3.8) is 0 Å². The van der Waals surface area contributed by atoms with Gasteiger partial charge in [-0.05, 0) is 55.8 Å². The average Bonchev–Trinajstić information content (AvgIpc) is 3.12. The third kappa shape index (κ3) is 3.63. The molecule has 0 unspecified atom stereocenters. The van der Waals surface area contributed by atoms with Crippen LogP contribution >= 0.6 is 11.6 Å².